The molecule has 94 valence electrons. The second-order valence-electron chi connectivity index (χ2n) is 5.04. The Morgan fingerprint density at radius 3 is 2.88 bits per heavy atom. The van der Waals surface area contributed by atoms with E-state index >= 15 is 0 Å². The fourth-order valence-electron chi connectivity index (χ4n) is 2.73. The van der Waals surface area contributed by atoms with Gasteiger partial charge in [-0.25, -0.2) is 0 Å². The lowest BCUT2D eigenvalue weighted by Crippen LogP contribution is -2.26. The van der Waals surface area contributed by atoms with Crippen LogP contribution in [0.25, 0.3) is 0 Å². The van der Waals surface area contributed by atoms with E-state index in [9.17, 15) is 0 Å². The van der Waals surface area contributed by atoms with Gasteiger partial charge in [0.25, 0.3) is 0 Å². The standard InChI is InChI=1S/C14H21BrN2/c1-16-13-5-3-2-4-11(8-13)9-14-7-6-12(15)10-17-14/h6-7,10-11,13,16H,2-5,8-9H2,1H3. The van der Waals surface area contributed by atoms with Crippen LogP contribution in [0, 0.1) is 5.92 Å². The molecule has 0 spiro atoms. The van der Waals surface area contributed by atoms with E-state index in [1.54, 1.807) is 0 Å². The summed E-state index contributed by atoms with van der Waals surface area (Å²) in [5.74, 6) is 0.795. The van der Waals surface area contributed by atoms with Crippen molar-refractivity contribution in [1.29, 1.82) is 0 Å². The fraction of sp³-hybridized carbons (Fsp3) is 0.643. The molecule has 0 aliphatic heterocycles. The molecule has 1 fully saturated rings. The second-order valence-corrected chi connectivity index (χ2v) is 5.96. The number of hydrogen-bond acceptors (Lipinski definition) is 2. The zero-order chi connectivity index (χ0) is 12.1. The van der Waals surface area contributed by atoms with Crippen molar-refractivity contribution in [2.45, 2.75) is 44.6 Å². The van der Waals surface area contributed by atoms with E-state index in [-0.39, 0.29) is 0 Å². The molecule has 1 aliphatic rings. The molecule has 1 saturated carbocycles. The average molecular weight is 297 g/mol. The summed E-state index contributed by atoms with van der Waals surface area (Å²) in [6.07, 6.45) is 9.77. The number of rotatable bonds is 3. The first-order valence-electron chi connectivity index (χ1n) is 6.55. The SMILES string of the molecule is CNC1CCCCC(Cc2ccc(Br)cn2)C1. The summed E-state index contributed by atoms with van der Waals surface area (Å²) in [6, 6.07) is 4.94. The quantitative estimate of drug-likeness (QED) is 0.863. The van der Waals surface area contributed by atoms with Gasteiger partial charge in [-0.15, -0.1) is 0 Å². The Morgan fingerprint density at radius 2 is 2.18 bits per heavy atom. The van der Waals surface area contributed by atoms with Crippen molar-refractivity contribution < 1.29 is 0 Å². The van der Waals surface area contributed by atoms with Gasteiger partial charge in [-0.2, -0.15) is 0 Å². The van der Waals surface area contributed by atoms with E-state index in [2.05, 4.69) is 45.4 Å². The number of hydrogen-bond donors (Lipinski definition) is 1. The highest BCUT2D eigenvalue weighted by molar-refractivity contribution is 9.10. The summed E-state index contributed by atoms with van der Waals surface area (Å²) in [4.78, 5) is 4.49. The largest absolute Gasteiger partial charge is 0.317 e. The third kappa shape index (κ3) is 4.07. The van der Waals surface area contributed by atoms with Crippen molar-refractivity contribution in [3.05, 3.63) is 28.5 Å². The van der Waals surface area contributed by atoms with Crippen molar-refractivity contribution in [2.24, 2.45) is 5.92 Å². The van der Waals surface area contributed by atoms with Gasteiger partial charge in [-0.3, -0.25) is 4.98 Å². The van der Waals surface area contributed by atoms with Gasteiger partial charge < -0.3 is 5.32 Å². The van der Waals surface area contributed by atoms with Crippen LogP contribution in [-0.4, -0.2) is 18.1 Å². The molecular weight excluding hydrogens is 276 g/mol. The molecule has 2 unspecified atom stereocenters. The molecule has 0 bridgehead atoms. The fourth-order valence-corrected chi connectivity index (χ4v) is 2.97. The minimum Gasteiger partial charge on any atom is -0.317 e. The lowest BCUT2D eigenvalue weighted by atomic mass is 9.93. The Morgan fingerprint density at radius 1 is 1.35 bits per heavy atom. The number of pyridine rings is 1. The van der Waals surface area contributed by atoms with Gasteiger partial charge in [0.15, 0.2) is 0 Å². The smallest absolute Gasteiger partial charge is 0.0413 e. The van der Waals surface area contributed by atoms with Crippen LogP contribution in [0.15, 0.2) is 22.8 Å². The molecule has 2 nitrogen and oxygen atoms in total. The van der Waals surface area contributed by atoms with Crippen LogP contribution in [0.3, 0.4) is 0 Å². The average Bonchev–Trinajstić information content (AvgIpc) is 2.57. The third-order valence-corrected chi connectivity index (χ3v) is 4.20. The van der Waals surface area contributed by atoms with E-state index in [1.165, 1.54) is 37.8 Å². The normalized spacial score (nSPS) is 25.5. The molecule has 3 heteroatoms. The Hall–Kier alpha value is -0.410. The van der Waals surface area contributed by atoms with Crippen molar-refractivity contribution >= 4 is 15.9 Å². The molecule has 2 rings (SSSR count). The molecule has 1 aromatic heterocycles. The van der Waals surface area contributed by atoms with Crippen LogP contribution in [0.1, 0.15) is 37.8 Å². The first-order valence-corrected chi connectivity index (χ1v) is 7.35. The maximum absolute atomic E-state index is 4.49. The Labute approximate surface area is 112 Å². The van der Waals surface area contributed by atoms with E-state index in [4.69, 9.17) is 0 Å². The van der Waals surface area contributed by atoms with Crippen LogP contribution in [0.5, 0.6) is 0 Å². The van der Waals surface area contributed by atoms with Gasteiger partial charge in [-0.05, 0) is 60.3 Å². The van der Waals surface area contributed by atoms with Crippen LogP contribution < -0.4 is 5.32 Å². The van der Waals surface area contributed by atoms with E-state index in [0.717, 1.165) is 16.8 Å². The van der Waals surface area contributed by atoms with Crippen molar-refractivity contribution in [3.8, 4) is 0 Å². The highest BCUT2D eigenvalue weighted by Crippen LogP contribution is 2.26. The number of halogens is 1. The summed E-state index contributed by atoms with van der Waals surface area (Å²) in [5.41, 5.74) is 1.23. The topological polar surface area (TPSA) is 24.9 Å². The van der Waals surface area contributed by atoms with Crippen LogP contribution in [-0.2, 0) is 6.42 Å². The van der Waals surface area contributed by atoms with Gasteiger partial charge in [0.1, 0.15) is 0 Å². The predicted octanol–water partition coefficient (Wildman–Crippen LogP) is 3.55. The molecule has 1 N–H and O–H groups in total. The maximum Gasteiger partial charge on any atom is 0.0413 e. The molecule has 1 heterocycles. The van der Waals surface area contributed by atoms with Crippen molar-refractivity contribution in [3.63, 3.8) is 0 Å². The van der Waals surface area contributed by atoms with Gasteiger partial charge >= 0.3 is 0 Å². The van der Waals surface area contributed by atoms with Gasteiger partial charge in [0.05, 0.1) is 0 Å². The summed E-state index contributed by atoms with van der Waals surface area (Å²) in [5, 5.41) is 3.44. The van der Waals surface area contributed by atoms with Crippen molar-refractivity contribution in [2.75, 3.05) is 7.05 Å². The molecule has 2 atom stereocenters. The van der Waals surface area contributed by atoms with E-state index < -0.39 is 0 Å². The first-order chi connectivity index (χ1) is 8.28. The van der Waals surface area contributed by atoms with Gasteiger partial charge in [-0.1, -0.05) is 19.3 Å². The predicted molar refractivity (Wildman–Crippen MR) is 75.1 cm³/mol. The monoisotopic (exact) mass is 296 g/mol. The number of nitrogens with zero attached hydrogens (tertiary/aromatic N) is 1. The van der Waals surface area contributed by atoms with E-state index in [0.29, 0.717) is 6.04 Å². The molecule has 1 aromatic rings. The molecule has 0 amide bonds. The van der Waals surface area contributed by atoms with Crippen LogP contribution >= 0.6 is 15.9 Å². The minimum atomic E-state index is 0.706. The zero-order valence-corrected chi connectivity index (χ0v) is 12.0. The van der Waals surface area contributed by atoms with Crippen molar-refractivity contribution in [1.82, 2.24) is 10.3 Å². The molecule has 17 heavy (non-hydrogen) atoms. The summed E-state index contributed by atoms with van der Waals surface area (Å²) < 4.78 is 1.07. The molecule has 0 aromatic carbocycles. The zero-order valence-electron chi connectivity index (χ0n) is 10.5. The third-order valence-electron chi connectivity index (χ3n) is 3.73. The minimum absolute atomic E-state index is 0.706. The number of nitrogens with one attached hydrogen (secondary N) is 1. The van der Waals surface area contributed by atoms with Gasteiger partial charge in [0, 0.05) is 22.4 Å². The summed E-state index contributed by atoms with van der Waals surface area (Å²) in [6.45, 7) is 0. The first kappa shape index (κ1) is 13.0. The lowest BCUT2D eigenvalue weighted by Gasteiger charge is -2.19. The Kier molecular flexibility index (Phi) is 4.99. The maximum atomic E-state index is 4.49. The van der Waals surface area contributed by atoms with Gasteiger partial charge in [0.2, 0.25) is 0 Å². The lowest BCUT2D eigenvalue weighted by molar-refractivity contribution is 0.398. The Balaban J connectivity index is 1.94. The Bertz CT molecular complexity index is 337. The second kappa shape index (κ2) is 6.50. The molecular formula is C14H21BrN2. The molecule has 0 radical (unpaired) electrons. The summed E-state index contributed by atoms with van der Waals surface area (Å²) >= 11 is 3.43. The molecule has 0 saturated heterocycles. The molecule has 1 aliphatic carbocycles. The van der Waals surface area contributed by atoms with E-state index in [1.807, 2.05) is 6.20 Å². The van der Waals surface area contributed by atoms with Crippen LogP contribution in [0.4, 0.5) is 0 Å². The van der Waals surface area contributed by atoms with Crippen LogP contribution in [0.2, 0.25) is 0 Å². The highest BCUT2D eigenvalue weighted by Gasteiger charge is 2.19. The number of aromatic nitrogens is 1. The summed E-state index contributed by atoms with van der Waals surface area (Å²) in [7, 11) is 2.09. The highest BCUT2D eigenvalue weighted by atomic mass is 79.9.